The number of halogens is 3. The second-order valence-corrected chi connectivity index (χ2v) is 3.09. The number of allylic oxidation sites excluding steroid dienone is 1. The van der Waals surface area contributed by atoms with Crippen molar-refractivity contribution >= 4 is 17.3 Å². The summed E-state index contributed by atoms with van der Waals surface area (Å²) in [7, 11) is 0. The van der Waals surface area contributed by atoms with Crippen LogP contribution in [0.1, 0.15) is 5.56 Å². The lowest BCUT2D eigenvalue weighted by Gasteiger charge is -2.08. The van der Waals surface area contributed by atoms with Crippen molar-refractivity contribution in [3.8, 4) is 0 Å². The highest BCUT2D eigenvalue weighted by Gasteiger charge is 2.41. The summed E-state index contributed by atoms with van der Waals surface area (Å²) in [4.78, 5) is 21.5. The summed E-state index contributed by atoms with van der Waals surface area (Å²) < 4.78 is 36.8. The molecule has 0 radical (unpaired) electrons. The Balaban J connectivity index is 3.25. The first-order chi connectivity index (χ1) is 7.82. The predicted molar refractivity (Wildman–Crippen MR) is 53.1 cm³/mol. The van der Waals surface area contributed by atoms with Gasteiger partial charge in [0.05, 0.1) is 0 Å². The normalized spacial score (nSPS) is 12.3. The number of hydrogen-bond donors (Lipinski definition) is 1. The molecule has 6 heteroatoms. The SMILES string of the molecule is O=C(O)C=C(C(=O)C(F)(F)F)c1ccccc1. The summed E-state index contributed by atoms with van der Waals surface area (Å²) in [5.41, 5.74) is -0.970. The fourth-order valence-corrected chi connectivity index (χ4v) is 1.17. The molecule has 0 unspecified atom stereocenters. The molecule has 0 atom stereocenters. The lowest BCUT2D eigenvalue weighted by atomic mass is 10.0. The molecule has 3 nitrogen and oxygen atoms in total. The highest BCUT2D eigenvalue weighted by atomic mass is 19.4. The number of carbonyl (C=O) groups is 2. The average molecular weight is 244 g/mol. The highest BCUT2D eigenvalue weighted by Crippen LogP contribution is 2.26. The molecular formula is C11H7F3O3. The molecule has 0 heterocycles. The van der Waals surface area contributed by atoms with Gasteiger partial charge in [0.1, 0.15) is 0 Å². The fourth-order valence-electron chi connectivity index (χ4n) is 1.17. The van der Waals surface area contributed by atoms with Gasteiger partial charge in [0, 0.05) is 11.6 Å². The topological polar surface area (TPSA) is 54.4 Å². The first-order valence-corrected chi connectivity index (χ1v) is 4.44. The minimum atomic E-state index is -5.10. The number of carboxylic acid groups (broad SMARTS) is 1. The molecule has 1 rings (SSSR count). The van der Waals surface area contributed by atoms with Crippen molar-refractivity contribution < 1.29 is 27.9 Å². The summed E-state index contributed by atoms with van der Waals surface area (Å²) >= 11 is 0. The van der Waals surface area contributed by atoms with Crippen LogP contribution in [0.25, 0.3) is 5.57 Å². The van der Waals surface area contributed by atoms with Gasteiger partial charge in [-0.15, -0.1) is 0 Å². The Labute approximate surface area is 94.2 Å². The van der Waals surface area contributed by atoms with E-state index in [0.717, 1.165) is 0 Å². The monoisotopic (exact) mass is 244 g/mol. The molecule has 1 N–H and O–H groups in total. The van der Waals surface area contributed by atoms with E-state index in [1.54, 1.807) is 6.07 Å². The smallest absolute Gasteiger partial charge is 0.454 e. The third kappa shape index (κ3) is 3.44. The summed E-state index contributed by atoms with van der Waals surface area (Å²) in [5.74, 6) is -3.78. The number of alkyl halides is 3. The van der Waals surface area contributed by atoms with Gasteiger partial charge in [0.15, 0.2) is 0 Å². The molecule has 1 aromatic carbocycles. The van der Waals surface area contributed by atoms with E-state index in [2.05, 4.69) is 0 Å². The van der Waals surface area contributed by atoms with E-state index in [9.17, 15) is 22.8 Å². The van der Waals surface area contributed by atoms with Crippen LogP contribution in [0.5, 0.6) is 0 Å². The van der Waals surface area contributed by atoms with Crippen LogP contribution in [0.4, 0.5) is 13.2 Å². The molecule has 0 fully saturated rings. The van der Waals surface area contributed by atoms with E-state index in [1.807, 2.05) is 0 Å². The Bertz CT molecular complexity index is 461. The van der Waals surface area contributed by atoms with Crippen LogP contribution in [-0.2, 0) is 9.59 Å². The number of Topliss-reactive ketones (excluding diaryl/α,β-unsaturated/α-hetero) is 1. The lowest BCUT2D eigenvalue weighted by molar-refractivity contribution is -0.164. The van der Waals surface area contributed by atoms with E-state index >= 15 is 0 Å². The van der Waals surface area contributed by atoms with Gasteiger partial charge in [-0.2, -0.15) is 13.2 Å². The number of benzene rings is 1. The number of ketones is 1. The predicted octanol–water partition coefficient (Wildman–Crippen LogP) is 2.29. The van der Waals surface area contributed by atoms with Crippen molar-refractivity contribution in [3.63, 3.8) is 0 Å². The van der Waals surface area contributed by atoms with Crippen LogP contribution in [0, 0.1) is 0 Å². The first kappa shape index (κ1) is 13.0. The van der Waals surface area contributed by atoms with Gasteiger partial charge >= 0.3 is 12.1 Å². The largest absolute Gasteiger partial charge is 0.478 e. The number of carboxylic acids is 1. The molecule has 0 amide bonds. The van der Waals surface area contributed by atoms with E-state index < -0.39 is 23.5 Å². The molecule has 0 aliphatic carbocycles. The summed E-state index contributed by atoms with van der Waals surface area (Å²) in [6.07, 6.45) is -4.84. The van der Waals surface area contributed by atoms with Crippen LogP contribution >= 0.6 is 0 Å². The summed E-state index contributed by atoms with van der Waals surface area (Å²) in [5, 5.41) is 8.46. The zero-order valence-electron chi connectivity index (χ0n) is 8.36. The number of aliphatic carboxylic acids is 1. The quantitative estimate of drug-likeness (QED) is 0.830. The Morgan fingerprint density at radius 2 is 1.65 bits per heavy atom. The van der Waals surface area contributed by atoms with E-state index in [-0.39, 0.29) is 11.6 Å². The van der Waals surface area contributed by atoms with Gasteiger partial charge in [0.2, 0.25) is 0 Å². The number of hydrogen-bond acceptors (Lipinski definition) is 2. The molecule has 0 aromatic heterocycles. The number of carbonyl (C=O) groups excluding carboxylic acids is 1. The van der Waals surface area contributed by atoms with Gasteiger partial charge in [-0.25, -0.2) is 4.79 Å². The van der Waals surface area contributed by atoms with Crippen molar-refractivity contribution in [2.75, 3.05) is 0 Å². The Morgan fingerprint density at radius 3 is 2.06 bits per heavy atom. The number of rotatable bonds is 3. The van der Waals surface area contributed by atoms with Crippen molar-refractivity contribution in [1.82, 2.24) is 0 Å². The highest BCUT2D eigenvalue weighted by molar-refractivity contribution is 6.26. The standard InChI is InChI=1S/C11H7F3O3/c12-11(13,14)10(17)8(6-9(15)16)7-4-2-1-3-5-7/h1-6H,(H,15,16). The van der Waals surface area contributed by atoms with Gasteiger partial charge in [-0.05, 0) is 5.56 Å². The second-order valence-electron chi connectivity index (χ2n) is 3.09. The average Bonchev–Trinajstić information content (AvgIpc) is 2.24. The van der Waals surface area contributed by atoms with Crippen LogP contribution in [0.2, 0.25) is 0 Å². The molecule has 0 saturated carbocycles. The van der Waals surface area contributed by atoms with E-state index in [4.69, 9.17) is 5.11 Å². The fraction of sp³-hybridized carbons (Fsp3) is 0.0909. The minimum absolute atomic E-state index is 0.0859. The molecule has 17 heavy (non-hydrogen) atoms. The third-order valence-corrected chi connectivity index (χ3v) is 1.85. The summed E-state index contributed by atoms with van der Waals surface area (Å²) in [6, 6.07) is 6.83. The maximum absolute atomic E-state index is 12.3. The zero-order chi connectivity index (χ0) is 13.1. The van der Waals surface area contributed by atoms with Crippen molar-refractivity contribution in [3.05, 3.63) is 42.0 Å². The van der Waals surface area contributed by atoms with Gasteiger partial charge in [-0.1, -0.05) is 30.3 Å². The van der Waals surface area contributed by atoms with Crippen molar-refractivity contribution in [2.24, 2.45) is 0 Å². The zero-order valence-corrected chi connectivity index (χ0v) is 8.36. The molecule has 0 spiro atoms. The molecule has 90 valence electrons. The lowest BCUT2D eigenvalue weighted by Crippen LogP contribution is -2.24. The Morgan fingerprint density at radius 1 is 1.12 bits per heavy atom. The maximum atomic E-state index is 12.3. The molecule has 1 aromatic rings. The van der Waals surface area contributed by atoms with Crippen LogP contribution in [-0.4, -0.2) is 23.0 Å². The van der Waals surface area contributed by atoms with Gasteiger partial charge < -0.3 is 5.11 Å². The first-order valence-electron chi connectivity index (χ1n) is 4.44. The molecule has 0 bridgehead atoms. The molecule has 0 saturated heterocycles. The molecular weight excluding hydrogens is 237 g/mol. The van der Waals surface area contributed by atoms with Crippen LogP contribution < -0.4 is 0 Å². The van der Waals surface area contributed by atoms with Crippen LogP contribution in [0.15, 0.2) is 36.4 Å². The van der Waals surface area contributed by atoms with E-state index in [0.29, 0.717) is 0 Å². The third-order valence-electron chi connectivity index (χ3n) is 1.85. The van der Waals surface area contributed by atoms with Gasteiger partial charge in [-0.3, -0.25) is 4.79 Å². The minimum Gasteiger partial charge on any atom is -0.478 e. The second kappa shape index (κ2) is 4.82. The van der Waals surface area contributed by atoms with Gasteiger partial charge in [0.25, 0.3) is 5.78 Å². The van der Waals surface area contributed by atoms with E-state index in [1.165, 1.54) is 24.3 Å². The Hall–Kier alpha value is -2.11. The van der Waals surface area contributed by atoms with Crippen molar-refractivity contribution in [2.45, 2.75) is 6.18 Å². The maximum Gasteiger partial charge on any atom is 0.454 e. The van der Waals surface area contributed by atoms with Crippen molar-refractivity contribution in [1.29, 1.82) is 0 Å². The van der Waals surface area contributed by atoms with Crippen LogP contribution in [0.3, 0.4) is 0 Å². The molecule has 0 aliphatic rings. The summed E-state index contributed by atoms with van der Waals surface area (Å²) in [6.45, 7) is 0. The molecule has 0 aliphatic heterocycles. The Kier molecular flexibility index (Phi) is 3.67.